The van der Waals surface area contributed by atoms with Gasteiger partial charge in [-0.05, 0) is 47.3 Å². The van der Waals surface area contributed by atoms with Crippen molar-refractivity contribution in [3.05, 3.63) is 77.4 Å². The summed E-state index contributed by atoms with van der Waals surface area (Å²) in [7, 11) is -4.25. The van der Waals surface area contributed by atoms with Crippen molar-refractivity contribution in [1.82, 2.24) is 10.2 Å². The second-order valence-electron chi connectivity index (χ2n) is 6.86. The predicted octanol–water partition coefficient (Wildman–Crippen LogP) is 4.49. The third-order valence-electron chi connectivity index (χ3n) is 4.56. The van der Waals surface area contributed by atoms with E-state index in [1.807, 2.05) is 23.6 Å². The molecule has 0 aliphatic rings. The van der Waals surface area contributed by atoms with Crippen LogP contribution < -0.4 is 9.50 Å². The summed E-state index contributed by atoms with van der Waals surface area (Å²) < 4.78 is 43.6. The Morgan fingerprint density at radius 2 is 1.88 bits per heavy atom. The number of benzene rings is 2. The molecule has 34 heavy (non-hydrogen) atoms. The number of carbonyl (C=O) groups is 1. The maximum absolute atomic E-state index is 13.1. The molecule has 2 aromatic heterocycles. The minimum atomic E-state index is -4.25. The van der Waals surface area contributed by atoms with Crippen molar-refractivity contribution in [2.75, 3.05) is 5.32 Å². The van der Waals surface area contributed by atoms with Gasteiger partial charge in [0.2, 0.25) is 11.0 Å². The highest BCUT2D eigenvalue weighted by Crippen LogP contribution is 2.30. The number of carbonyl (C=O) groups excluding carboxylic acids is 1. The number of halogens is 1. The first-order valence-electron chi connectivity index (χ1n) is 9.71. The summed E-state index contributed by atoms with van der Waals surface area (Å²) in [4.78, 5) is 13.4. The van der Waals surface area contributed by atoms with Gasteiger partial charge in [-0.25, -0.2) is 4.39 Å². The van der Waals surface area contributed by atoms with Crippen molar-refractivity contribution < 1.29 is 21.8 Å². The number of nitrogens with zero attached hydrogens (tertiary/aromatic N) is 3. The number of para-hydroxylation sites is 1. The van der Waals surface area contributed by atoms with Crippen LogP contribution in [0.2, 0.25) is 0 Å². The molecule has 8 nitrogen and oxygen atoms in total. The fourth-order valence-corrected chi connectivity index (χ4v) is 5.41. The molecule has 0 aliphatic carbocycles. The number of hydrogen-bond acceptors (Lipinski definition) is 9. The molecule has 172 valence electrons. The fourth-order valence-electron chi connectivity index (χ4n) is 2.90. The number of nitriles is 1. The average molecular weight is 515 g/mol. The zero-order chi connectivity index (χ0) is 24.1. The first kappa shape index (κ1) is 23.5. The maximum Gasteiger partial charge on any atom is 0.339 e. The largest absolute Gasteiger partial charge is 0.379 e. The standard InChI is InChI=1S/C22H15FN4O4S3/c23-16-7-9-17(10-8-16)34(29,30)31-18-5-2-1-4-14(18)12-15(13-24)20(28)25-22-27-26-21(33-22)19-6-3-11-32-19/h1-11,15H,12H2,(H,25,27,28). The lowest BCUT2D eigenvalue weighted by molar-refractivity contribution is -0.118. The van der Waals surface area contributed by atoms with Crippen LogP contribution in [0.4, 0.5) is 9.52 Å². The molecule has 1 amide bonds. The van der Waals surface area contributed by atoms with Gasteiger partial charge in [-0.1, -0.05) is 35.6 Å². The number of anilines is 1. The number of hydrogen-bond donors (Lipinski definition) is 1. The smallest absolute Gasteiger partial charge is 0.339 e. The van der Waals surface area contributed by atoms with Crippen LogP contribution in [-0.4, -0.2) is 24.5 Å². The van der Waals surface area contributed by atoms with Gasteiger partial charge in [-0.3, -0.25) is 10.1 Å². The number of amides is 1. The number of rotatable bonds is 8. The summed E-state index contributed by atoms with van der Waals surface area (Å²) in [6.45, 7) is 0. The molecule has 0 aliphatic heterocycles. The van der Waals surface area contributed by atoms with Gasteiger partial charge in [-0.15, -0.1) is 21.5 Å². The summed E-state index contributed by atoms with van der Waals surface area (Å²) in [5.41, 5.74) is 0.339. The van der Waals surface area contributed by atoms with Crippen molar-refractivity contribution in [3.8, 4) is 21.7 Å². The minimum Gasteiger partial charge on any atom is -0.379 e. The molecule has 4 rings (SSSR count). The number of aromatic nitrogens is 2. The molecule has 1 unspecified atom stereocenters. The molecule has 0 bridgehead atoms. The van der Waals surface area contributed by atoms with Gasteiger partial charge in [0, 0.05) is 6.42 Å². The SMILES string of the molecule is N#CC(Cc1ccccc1OS(=O)(=O)c1ccc(F)cc1)C(=O)Nc1nnc(-c2cccs2)s1. The molecule has 0 spiro atoms. The Kier molecular flexibility index (Phi) is 6.97. The number of thiophene rings is 1. The Morgan fingerprint density at radius 3 is 2.59 bits per heavy atom. The second kappa shape index (κ2) is 10.1. The Hall–Kier alpha value is -3.66. The van der Waals surface area contributed by atoms with Crippen molar-refractivity contribution in [2.24, 2.45) is 5.92 Å². The summed E-state index contributed by atoms with van der Waals surface area (Å²) in [5, 5.41) is 22.9. The highest BCUT2D eigenvalue weighted by Gasteiger charge is 2.24. The average Bonchev–Trinajstić information content (AvgIpc) is 3.50. The van der Waals surface area contributed by atoms with E-state index in [0.29, 0.717) is 10.6 Å². The molecule has 0 saturated carbocycles. The zero-order valence-corrected chi connectivity index (χ0v) is 19.7. The van der Waals surface area contributed by atoms with E-state index in [0.717, 1.165) is 29.1 Å². The van der Waals surface area contributed by atoms with Crippen molar-refractivity contribution in [1.29, 1.82) is 5.26 Å². The quantitative estimate of drug-likeness (QED) is 0.344. The number of nitrogens with one attached hydrogen (secondary N) is 1. The molecule has 0 saturated heterocycles. The Morgan fingerprint density at radius 1 is 1.12 bits per heavy atom. The molecule has 1 atom stereocenters. The van der Waals surface area contributed by atoms with Crippen molar-refractivity contribution in [3.63, 3.8) is 0 Å². The summed E-state index contributed by atoms with van der Waals surface area (Å²) >= 11 is 2.67. The molecular formula is C22H15FN4O4S3. The Bertz CT molecular complexity index is 1450. The molecule has 4 aromatic rings. The molecule has 2 aromatic carbocycles. The van der Waals surface area contributed by atoms with Crippen LogP contribution in [0, 0.1) is 23.1 Å². The minimum absolute atomic E-state index is 0.0317. The van der Waals surface area contributed by atoms with E-state index in [1.165, 1.54) is 28.7 Å². The molecular weight excluding hydrogens is 499 g/mol. The van der Waals surface area contributed by atoms with Gasteiger partial charge in [0.05, 0.1) is 10.9 Å². The van der Waals surface area contributed by atoms with Crippen LogP contribution in [-0.2, 0) is 21.3 Å². The van der Waals surface area contributed by atoms with Crippen molar-refractivity contribution in [2.45, 2.75) is 11.3 Å². The monoisotopic (exact) mass is 514 g/mol. The van der Waals surface area contributed by atoms with Gasteiger partial charge in [0.1, 0.15) is 22.4 Å². The topological polar surface area (TPSA) is 122 Å². The van der Waals surface area contributed by atoms with Gasteiger partial charge in [0.15, 0.2) is 5.01 Å². The third kappa shape index (κ3) is 5.45. The van der Waals surface area contributed by atoms with Crippen LogP contribution in [0.1, 0.15) is 5.56 Å². The Balaban J connectivity index is 1.49. The van der Waals surface area contributed by atoms with Crippen LogP contribution in [0.5, 0.6) is 5.75 Å². The van der Waals surface area contributed by atoms with Crippen LogP contribution in [0.3, 0.4) is 0 Å². The lowest BCUT2D eigenvalue weighted by atomic mass is 9.99. The van der Waals surface area contributed by atoms with Crippen LogP contribution in [0.15, 0.2) is 70.9 Å². The first-order chi connectivity index (χ1) is 16.4. The van der Waals surface area contributed by atoms with E-state index in [2.05, 4.69) is 15.5 Å². The predicted molar refractivity (Wildman–Crippen MR) is 125 cm³/mol. The zero-order valence-electron chi connectivity index (χ0n) is 17.2. The first-order valence-corrected chi connectivity index (χ1v) is 12.8. The van der Waals surface area contributed by atoms with Crippen LogP contribution >= 0.6 is 22.7 Å². The van der Waals surface area contributed by atoms with Gasteiger partial charge in [0.25, 0.3) is 0 Å². The Labute approximate surface area is 202 Å². The van der Waals surface area contributed by atoms with Crippen molar-refractivity contribution >= 4 is 43.8 Å². The van der Waals surface area contributed by atoms with Gasteiger partial charge in [-0.2, -0.15) is 13.7 Å². The normalized spacial score (nSPS) is 12.0. The molecule has 1 N–H and O–H groups in total. The molecule has 2 heterocycles. The summed E-state index contributed by atoms with van der Waals surface area (Å²) in [5.74, 6) is -2.36. The van der Waals surface area contributed by atoms with E-state index in [-0.39, 0.29) is 22.2 Å². The fraction of sp³-hybridized carbons (Fsp3) is 0.0909. The molecule has 0 radical (unpaired) electrons. The lowest BCUT2D eigenvalue weighted by Crippen LogP contribution is -2.23. The van der Waals surface area contributed by atoms with E-state index >= 15 is 0 Å². The van der Waals surface area contributed by atoms with Gasteiger partial charge >= 0.3 is 10.1 Å². The lowest BCUT2D eigenvalue weighted by Gasteiger charge is -2.13. The molecule has 12 heteroatoms. The summed E-state index contributed by atoms with van der Waals surface area (Å²) in [6.07, 6.45) is -0.103. The highest BCUT2D eigenvalue weighted by molar-refractivity contribution is 7.87. The highest BCUT2D eigenvalue weighted by atomic mass is 32.2. The summed E-state index contributed by atoms with van der Waals surface area (Å²) in [6, 6.07) is 16.1. The van der Waals surface area contributed by atoms with Crippen LogP contribution in [0.25, 0.3) is 9.88 Å². The van der Waals surface area contributed by atoms with E-state index in [4.69, 9.17) is 4.18 Å². The maximum atomic E-state index is 13.1. The molecule has 0 fully saturated rings. The van der Waals surface area contributed by atoms with E-state index in [9.17, 15) is 22.9 Å². The third-order valence-corrected chi connectivity index (χ3v) is 7.68. The van der Waals surface area contributed by atoms with Gasteiger partial charge < -0.3 is 4.18 Å². The van der Waals surface area contributed by atoms with E-state index < -0.39 is 27.8 Å². The van der Waals surface area contributed by atoms with E-state index in [1.54, 1.807) is 18.2 Å². The second-order valence-corrected chi connectivity index (χ2v) is 10.3.